The van der Waals surface area contributed by atoms with Crippen LogP contribution in [0.2, 0.25) is 0 Å². The van der Waals surface area contributed by atoms with Crippen molar-refractivity contribution in [2.24, 2.45) is 11.8 Å². The molecule has 1 aliphatic heterocycles. The highest BCUT2D eigenvalue weighted by Crippen LogP contribution is 2.39. The molecule has 1 heterocycles. The zero-order valence-electron chi connectivity index (χ0n) is 26.0. The molecule has 0 amide bonds. The van der Waals surface area contributed by atoms with E-state index in [-0.39, 0.29) is 55.7 Å². The second-order valence-electron chi connectivity index (χ2n) is 11.9. The number of carbonyl (C=O) groups is 4. The molecular weight excluding hydrogens is 570 g/mol. The van der Waals surface area contributed by atoms with Gasteiger partial charge in [0.05, 0.1) is 6.10 Å². The smallest absolute Gasteiger partial charge is 0.306 e. The van der Waals surface area contributed by atoms with Crippen LogP contribution in [0, 0.1) is 11.8 Å². The maximum Gasteiger partial charge on any atom is 0.306 e. The Morgan fingerprint density at radius 2 is 1.82 bits per heavy atom. The number of benzene rings is 1. The van der Waals surface area contributed by atoms with Gasteiger partial charge in [-0.15, -0.1) is 0 Å². The Morgan fingerprint density at radius 1 is 1.02 bits per heavy atom. The fourth-order valence-electron chi connectivity index (χ4n) is 5.87. The molecular formula is C35H48F2O7. The molecule has 1 aromatic rings. The van der Waals surface area contributed by atoms with E-state index in [0.717, 1.165) is 38.5 Å². The van der Waals surface area contributed by atoms with Crippen LogP contribution in [0.3, 0.4) is 0 Å². The molecule has 9 heteroatoms. The molecule has 0 spiro atoms. The molecule has 44 heavy (non-hydrogen) atoms. The van der Waals surface area contributed by atoms with E-state index in [4.69, 9.17) is 14.2 Å². The number of ketones is 3. The monoisotopic (exact) mass is 618 g/mol. The minimum absolute atomic E-state index is 0.0370. The summed E-state index contributed by atoms with van der Waals surface area (Å²) < 4.78 is 45.7. The van der Waals surface area contributed by atoms with E-state index in [2.05, 4.69) is 0 Å². The van der Waals surface area contributed by atoms with Crippen LogP contribution in [0.15, 0.2) is 42.5 Å². The van der Waals surface area contributed by atoms with Crippen LogP contribution >= 0.6 is 0 Å². The SMILES string of the molecule is CCCCC(F)(F)C(=O)CC[C@H]1[C@H](OC2CCCCO2)CC(=O)[C@@H]1CC=CCCCCCC(=O)OCC(=O)c1ccccc1. The van der Waals surface area contributed by atoms with Gasteiger partial charge in [-0.2, -0.15) is 8.78 Å². The fraction of sp³-hybridized carbons (Fsp3) is 0.657. The van der Waals surface area contributed by atoms with E-state index in [0.29, 0.717) is 37.9 Å². The molecule has 3 rings (SSSR count). The Kier molecular flexibility index (Phi) is 15.3. The summed E-state index contributed by atoms with van der Waals surface area (Å²) in [7, 11) is 0. The number of hydrogen-bond acceptors (Lipinski definition) is 7. The Hall–Kier alpha value is -2.78. The molecule has 1 unspecified atom stereocenters. The van der Waals surface area contributed by atoms with Crippen molar-refractivity contribution in [3.63, 3.8) is 0 Å². The average Bonchev–Trinajstić information content (AvgIpc) is 3.32. The Bertz CT molecular complexity index is 1080. The second kappa shape index (κ2) is 18.9. The summed E-state index contributed by atoms with van der Waals surface area (Å²) in [5, 5.41) is 0. The van der Waals surface area contributed by atoms with Crippen LogP contribution in [0.25, 0.3) is 0 Å². The molecule has 7 nitrogen and oxygen atoms in total. The van der Waals surface area contributed by atoms with Gasteiger partial charge in [-0.25, -0.2) is 0 Å². The standard InChI is InChI=1S/C35H48F2O7/c1-2-3-22-35(36,37)32(40)21-20-28-27(29(38)24-31(28)44-34-19-13-14-23-42-34)17-11-6-4-5-7-12-18-33(41)43-25-30(39)26-15-9-8-10-16-26/h6,8-11,15-16,27-28,31,34H,2-5,7,12-14,17-25H2,1H3/t27-,28-,31-,34?/m1/s1. The second-order valence-corrected chi connectivity index (χ2v) is 11.9. The first kappa shape index (κ1) is 35.7. The van der Waals surface area contributed by atoms with Crippen molar-refractivity contribution < 1.29 is 42.2 Å². The zero-order valence-corrected chi connectivity index (χ0v) is 26.0. The van der Waals surface area contributed by atoms with Gasteiger partial charge >= 0.3 is 11.9 Å². The number of esters is 1. The van der Waals surface area contributed by atoms with Crippen molar-refractivity contribution in [2.75, 3.05) is 13.2 Å². The third-order valence-electron chi connectivity index (χ3n) is 8.50. The quantitative estimate of drug-likeness (QED) is 0.0643. The molecule has 1 aliphatic carbocycles. The van der Waals surface area contributed by atoms with Gasteiger partial charge in [-0.3, -0.25) is 19.2 Å². The normalized spacial score (nSPS) is 22.4. The lowest BCUT2D eigenvalue weighted by atomic mass is 9.86. The number of hydrogen-bond donors (Lipinski definition) is 0. The van der Waals surface area contributed by atoms with Crippen molar-refractivity contribution in [1.29, 1.82) is 0 Å². The number of carbonyl (C=O) groups excluding carboxylic acids is 4. The summed E-state index contributed by atoms with van der Waals surface area (Å²) in [5.74, 6) is -5.69. The first-order chi connectivity index (χ1) is 21.2. The highest BCUT2D eigenvalue weighted by atomic mass is 19.3. The Morgan fingerprint density at radius 3 is 2.55 bits per heavy atom. The molecule has 0 radical (unpaired) electrons. The maximum atomic E-state index is 14.4. The lowest BCUT2D eigenvalue weighted by Crippen LogP contribution is -2.33. The van der Waals surface area contributed by atoms with Gasteiger partial charge in [0.2, 0.25) is 5.78 Å². The van der Waals surface area contributed by atoms with Gasteiger partial charge < -0.3 is 14.2 Å². The highest BCUT2D eigenvalue weighted by Gasteiger charge is 2.45. The van der Waals surface area contributed by atoms with Gasteiger partial charge in [-0.05, 0) is 63.7 Å². The molecule has 2 aliphatic rings. The van der Waals surface area contributed by atoms with Gasteiger partial charge in [0.25, 0.3) is 0 Å². The first-order valence-corrected chi connectivity index (χ1v) is 16.3. The summed E-state index contributed by atoms with van der Waals surface area (Å²) in [5.41, 5.74) is 0.511. The van der Waals surface area contributed by atoms with E-state index >= 15 is 0 Å². The van der Waals surface area contributed by atoms with Gasteiger partial charge in [0.15, 0.2) is 18.7 Å². The number of ether oxygens (including phenoxy) is 3. The summed E-state index contributed by atoms with van der Waals surface area (Å²) in [6, 6.07) is 8.70. The molecule has 4 atom stereocenters. The first-order valence-electron chi connectivity index (χ1n) is 16.3. The highest BCUT2D eigenvalue weighted by molar-refractivity contribution is 5.97. The van der Waals surface area contributed by atoms with Gasteiger partial charge in [0, 0.05) is 43.8 Å². The fourth-order valence-corrected chi connectivity index (χ4v) is 5.87. The predicted molar refractivity (Wildman–Crippen MR) is 162 cm³/mol. The largest absolute Gasteiger partial charge is 0.457 e. The van der Waals surface area contributed by atoms with Crippen LogP contribution in [-0.4, -0.2) is 54.8 Å². The van der Waals surface area contributed by atoms with E-state index in [1.54, 1.807) is 24.3 Å². The summed E-state index contributed by atoms with van der Waals surface area (Å²) in [6.07, 6.45) is 10.1. The van der Waals surface area contributed by atoms with Gasteiger partial charge in [0.1, 0.15) is 5.78 Å². The lowest BCUT2D eigenvalue weighted by molar-refractivity contribution is -0.196. The molecule has 1 saturated carbocycles. The van der Waals surface area contributed by atoms with Gasteiger partial charge in [-0.1, -0.05) is 62.2 Å². The third-order valence-corrected chi connectivity index (χ3v) is 8.50. The van der Waals surface area contributed by atoms with Crippen LogP contribution in [0.5, 0.6) is 0 Å². The van der Waals surface area contributed by atoms with Crippen molar-refractivity contribution in [3.8, 4) is 0 Å². The van der Waals surface area contributed by atoms with Crippen LogP contribution < -0.4 is 0 Å². The number of rotatable bonds is 20. The third kappa shape index (κ3) is 12.0. The summed E-state index contributed by atoms with van der Waals surface area (Å²) in [4.78, 5) is 49.4. The molecule has 2 fully saturated rings. The summed E-state index contributed by atoms with van der Waals surface area (Å²) in [6.45, 7) is 2.15. The molecule has 1 saturated heterocycles. The number of allylic oxidation sites excluding steroid dienone is 2. The number of alkyl halides is 2. The summed E-state index contributed by atoms with van der Waals surface area (Å²) >= 11 is 0. The lowest BCUT2D eigenvalue weighted by Gasteiger charge is -2.30. The van der Waals surface area contributed by atoms with E-state index in [1.807, 2.05) is 25.1 Å². The molecule has 244 valence electrons. The topological polar surface area (TPSA) is 96.0 Å². The molecule has 1 aromatic carbocycles. The van der Waals surface area contributed by atoms with Crippen molar-refractivity contribution in [3.05, 3.63) is 48.0 Å². The Labute approximate surface area is 260 Å². The van der Waals surface area contributed by atoms with Crippen molar-refractivity contribution >= 4 is 23.3 Å². The predicted octanol–water partition coefficient (Wildman–Crippen LogP) is 7.60. The molecule has 0 N–H and O–H groups in total. The minimum atomic E-state index is -3.34. The van der Waals surface area contributed by atoms with Crippen molar-refractivity contribution in [2.45, 2.75) is 122 Å². The molecule has 0 bridgehead atoms. The maximum absolute atomic E-state index is 14.4. The van der Waals surface area contributed by atoms with Crippen LogP contribution in [-0.2, 0) is 28.6 Å². The zero-order chi connectivity index (χ0) is 31.8. The Balaban J connectivity index is 1.41. The average molecular weight is 619 g/mol. The number of unbranched alkanes of at least 4 members (excludes halogenated alkanes) is 4. The van der Waals surface area contributed by atoms with Crippen LogP contribution in [0.1, 0.15) is 114 Å². The minimum Gasteiger partial charge on any atom is -0.457 e. The van der Waals surface area contributed by atoms with Crippen molar-refractivity contribution in [1.82, 2.24) is 0 Å². The van der Waals surface area contributed by atoms with E-state index < -0.39 is 36.5 Å². The van der Waals surface area contributed by atoms with Crippen LogP contribution in [0.4, 0.5) is 8.78 Å². The number of Topliss-reactive ketones (excluding diaryl/α,β-unsaturated/α-hetero) is 3. The van der Waals surface area contributed by atoms with E-state index in [1.165, 1.54) is 0 Å². The van der Waals surface area contributed by atoms with E-state index in [9.17, 15) is 28.0 Å². The molecule has 0 aromatic heterocycles. The number of halogens is 2.